The molecule has 0 bridgehead atoms. The lowest BCUT2D eigenvalue weighted by Gasteiger charge is -2.20. The van der Waals surface area contributed by atoms with Gasteiger partial charge in [-0.3, -0.25) is 0 Å². The number of thiazole rings is 1. The molecule has 0 aliphatic heterocycles. The molecule has 1 N–H and O–H groups in total. The highest BCUT2D eigenvalue weighted by atomic mass is 32.1. The Hall–Kier alpha value is -0.450. The minimum Gasteiger partial charge on any atom is -0.317 e. The van der Waals surface area contributed by atoms with Crippen molar-refractivity contribution in [3.8, 4) is 0 Å². The van der Waals surface area contributed by atoms with E-state index in [0.29, 0.717) is 5.92 Å². The van der Waals surface area contributed by atoms with E-state index < -0.39 is 0 Å². The predicted molar refractivity (Wildman–Crippen MR) is 66.2 cm³/mol. The van der Waals surface area contributed by atoms with Gasteiger partial charge in [-0.1, -0.05) is 13.8 Å². The van der Waals surface area contributed by atoms with Gasteiger partial charge in [0.15, 0.2) is 0 Å². The number of nitrogens with one attached hydrogen (secondary N) is 1. The van der Waals surface area contributed by atoms with Gasteiger partial charge < -0.3 is 10.2 Å². The summed E-state index contributed by atoms with van der Waals surface area (Å²) in [7, 11) is 2.15. The first kappa shape index (κ1) is 12.6. The molecule has 0 aromatic carbocycles. The van der Waals surface area contributed by atoms with E-state index in [1.165, 1.54) is 5.69 Å². The molecule has 1 unspecified atom stereocenters. The van der Waals surface area contributed by atoms with Gasteiger partial charge in [-0.25, -0.2) is 4.98 Å². The van der Waals surface area contributed by atoms with Gasteiger partial charge in [-0.05, 0) is 26.1 Å². The van der Waals surface area contributed by atoms with Crippen LogP contribution in [-0.2, 0) is 6.54 Å². The number of hydrogen-bond donors (Lipinski definition) is 1. The summed E-state index contributed by atoms with van der Waals surface area (Å²) < 4.78 is 0. The molecule has 15 heavy (non-hydrogen) atoms. The maximum Gasteiger partial charge on any atom is 0.0795 e. The Bertz CT molecular complexity index is 248. The van der Waals surface area contributed by atoms with Gasteiger partial charge in [0.25, 0.3) is 0 Å². The molecule has 86 valence electrons. The normalized spacial score (nSPS) is 13.3. The Balaban J connectivity index is 2.20. The van der Waals surface area contributed by atoms with Crippen LogP contribution in [0.4, 0.5) is 0 Å². The van der Waals surface area contributed by atoms with Gasteiger partial charge in [0.05, 0.1) is 11.2 Å². The molecule has 0 fully saturated rings. The molecule has 0 radical (unpaired) electrons. The molecule has 0 aliphatic carbocycles. The number of aromatic nitrogens is 1. The zero-order valence-electron chi connectivity index (χ0n) is 9.86. The Morgan fingerprint density at radius 1 is 1.60 bits per heavy atom. The minimum absolute atomic E-state index is 0.689. The summed E-state index contributed by atoms with van der Waals surface area (Å²) in [6.07, 6.45) is 0. The van der Waals surface area contributed by atoms with Gasteiger partial charge >= 0.3 is 0 Å². The first-order valence-electron chi connectivity index (χ1n) is 5.48. The monoisotopic (exact) mass is 227 g/mol. The number of rotatable bonds is 7. The van der Waals surface area contributed by atoms with Gasteiger partial charge in [0.1, 0.15) is 0 Å². The summed E-state index contributed by atoms with van der Waals surface area (Å²) in [5, 5.41) is 5.49. The zero-order chi connectivity index (χ0) is 11.1. The average Bonchev–Trinajstić information content (AvgIpc) is 2.67. The fourth-order valence-electron chi connectivity index (χ4n) is 1.64. The second-order valence-electron chi connectivity index (χ2n) is 4.09. The van der Waals surface area contributed by atoms with E-state index >= 15 is 0 Å². The van der Waals surface area contributed by atoms with Crippen molar-refractivity contribution in [2.75, 3.05) is 26.7 Å². The van der Waals surface area contributed by atoms with E-state index in [1.807, 2.05) is 5.51 Å². The summed E-state index contributed by atoms with van der Waals surface area (Å²) in [6.45, 7) is 8.65. The van der Waals surface area contributed by atoms with Crippen LogP contribution in [0.5, 0.6) is 0 Å². The van der Waals surface area contributed by atoms with Crippen LogP contribution in [0.15, 0.2) is 10.9 Å². The third-order valence-electron chi connectivity index (χ3n) is 2.28. The molecular weight excluding hydrogens is 206 g/mol. The molecule has 0 amide bonds. The standard InChI is InChI=1S/C11H21N3S/c1-4-12-5-10(2)6-14(3)7-11-8-15-9-13-11/h8-10,12H,4-7H2,1-3H3. The SMILES string of the molecule is CCNCC(C)CN(C)Cc1cscn1. The Labute approximate surface area is 96.5 Å². The van der Waals surface area contributed by atoms with E-state index in [-0.39, 0.29) is 0 Å². The summed E-state index contributed by atoms with van der Waals surface area (Å²) in [6, 6.07) is 0. The predicted octanol–water partition coefficient (Wildman–Crippen LogP) is 1.82. The summed E-state index contributed by atoms with van der Waals surface area (Å²) in [4.78, 5) is 6.62. The van der Waals surface area contributed by atoms with Crippen molar-refractivity contribution in [2.45, 2.75) is 20.4 Å². The first-order valence-corrected chi connectivity index (χ1v) is 6.43. The van der Waals surface area contributed by atoms with Crippen LogP contribution in [0.25, 0.3) is 0 Å². The third kappa shape index (κ3) is 5.25. The molecule has 3 nitrogen and oxygen atoms in total. The van der Waals surface area contributed by atoms with Gasteiger partial charge in [0, 0.05) is 18.5 Å². The molecule has 4 heteroatoms. The van der Waals surface area contributed by atoms with Crippen LogP contribution >= 0.6 is 11.3 Å². The second kappa shape index (κ2) is 6.93. The lowest BCUT2D eigenvalue weighted by atomic mass is 10.1. The molecular formula is C11H21N3S. The lowest BCUT2D eigenvalue weighted by molar-refractivity contribution is 0.272. The fraction of sp³-hybridized carbons (Fsp3) is 0.727. The minimum atomic E-state index is 0.689. The lowest BCUT2D eigenvalue weighted by Crippen LogP contribution is -2.30. The molecule has 0 saturated heterocycles. The maximum absolute atomic E-state index is 4.29. The first-order chi connectivity index (χ1) is 7.22. The fourth-order valence-corrected chi connectivity index (χ4v) is 2.19. The molecule has 1 aromatic rings. The maximum atomic E-state index is 4.29. The smallest absolute Gasteiger partial charge is 0.0795 e. The quantitative estimate of drug-likeness (QED) is 0.770. The third-order valence-corrected chi connectivity index (χ3v) is 2.92. The molecule has 0 aliphatic rings. The second-order valence-corrected chi connectivity index (χ2v) is 4.81. The van der Waals surface area contributed by atoms with Crippen molar-refractivity contribution in [3.63, 3.8) is 0 Å². The number of nitrogens with zero attached hydrogens (tertiary/aromatic N) is 2. The highest BCUT2D eigenvalue weighted by Crippen LogP contribution is 2.05. The van der Waals surface area contributed by atoms with Crippen molar-refractivity contribution >= 4 is 11.3 Å². The summed E-state index contributed by atoms with van der Waals surface area (Å²) >= 11 is 1.66. The topological polar surface area (TPSA) is 28.2 Å². The van der Waals surface area contributed by atoms with E-state index in [2.05, 4.69) is 41.5 Å². The number of hydrogen-bond acceptors (Lipinski definition) is 4. The molecule has 1 rings (SSSR count). The van der Waals surface area contributed by atoms with Crippen LogP contribution in [0.1, 0.15) is 19.5 Å². The van der Waals surface area contributed by atoms with E-state index in [4.69, 9.17) is 0 Å². The molecule has 1 aromatic heterocycles. The van der Waals surface area contributed by atoms with Gasteiger partial charge in [0.2, 0.25) is 0 Å². The Morgan fingerprint density at radius 2 is 2.40 bits per heavy atom. The highest BCUT2D eigenvalue weighted by Gasteiger charge is 2.07. The van der Waals surface area contributed by atoms with Crippen molar-refractivity contribution in [3.05, 3.63) is 16.6 Å². The summed E-state index contributed by atoms with van der Waals surface area (Å²) in [5.41, 5.74) is 3.07. The highest BCUT2D eigenvalue weighted by molar-refractivity contribution is 7.07. The zero-order valence-corrected chi connectivity index (χ0v) is 10.7. The van der Waals surface area contributed by atoms with E-state index in [0.717, 1.165) is 26.2 Å². The van der Waals surface area contributed by atoms with Crippen LogP contribution in [0, 0.1) is 5.92 Å². The molecule has 1 heterocycles. The van der Waals surface area contributed by atoms with Gasteiger partial charge in [-0.15, -0.1) is 11.3 Å². The van der Waals surface area contributed by atoms with Gasteiger partial charge in [-0.2, -0.15) is 0 Å². The van der Waals surface area contributed by atoms with Crippen molar-refractivity contribution in [1.29, 1.82) is 0 Å². The Kier molecular flexibility index (Phi) is 5.83. The summed E-state index contributed by atoms with van der Waals surface area (Å²) in [5.74, 6) is 0.689. The van der Waals surface area contributed by atoms with Crippen molar-refractivity contribution in [1.82, 2.24) is 15.2 Å². The van der Waals surface area contributed by atoms with Crippen LogP contribution in [-0.4, -0.2) is 36.6 Å². The Morgan fingerprint density at radius 3 is 3.00 bits per heavy atom. The molecule has 0 spiro atoms. The van der Waals surface area contributed by atoms with E-state index in [9.17, 15) is 0 Å². The van der Waals surface area contributed by atoms with Crippen molar-refractivity contribution in [2.24, 2.45) is 5.92 Å². The molecule has 1 atom stereocenters. The van der Waals surface area contributed by atoms with E-state index in [1.54, 1.807) is 11.3 Å². The largest absolute Gasteiger partial charge is 0.317 e. The van der Waals surface area contributed by atoms with Crippen LogP contribution in [0.2, 0.25) is 0 Å². The van der Waals surface area contributed by atoms with Crippen molar-refractivity contribution < 1.29 is 0 Å². The average molecular weight is 227 g/mol. The van der Waals surface area contributed by atoms with Crippen LogP contribution in [0.3, 0.4) is 0 Å². The van der Waals surface area contributed by atoms with Crippen LogP contribution < -0.4 is 5.32 Å². The molecule has 0 saturated carbocycles.